The van der Waals surface area contributed by atoms with Crippen molar-refractivity contribution < 1.29 is 4.79 Å². The number of carbonyl (C=O) groups excluding carboxylic acids is 1. The second kappa shape index (κ2) is 5.06. The van der Waals surface area contributed by atoms with Crippen LogP contribution in [0.1, 0.15) is 11.3 Å². The van der Waals surface area contributed by atoms with Crippen LogP contribution in [-0.2, 0) is 4.79 Å². The molecule has 0 saturated carbocycles. The van der Waals surface area contributed by atoms with Gasteiger partial charge in [0.2, 0.25) is 5.91 Å². The molecular formula is C15H12ClN3O. The van der Waals surface area contributed by atoms with E-state index in [2.05, 4.69) is 9.98 Å². The molecule has 0 fully saturated rings. The molecule has 2 heterocycles. The van der Waals surface area contributed by atoms with E-state index in [1.54, 1.807) is 24.2 Å². The van der Waals surface area contributed by atoms with Gasteiger partial charge >= 0.3 is 0 Å². The number of pyridine rings is 1. The molecular weight excluding hydrogens is 274 g/mol. The third kappa shape index (κ3) is 2.18. The van der Waals surface area contributed by atoms with Gasteiger partial charge in [-0.3, -0.25) is 14.8 Å². The van der Waals surface area contributed by atoms with Crippen LogP contribution in [0.15, 0.2) is 47.6 Å². The van der Waals surface area contributed by atoms with Gasteiger partial charge in [-0.2, -0.15) is 0 Å². The van der Waals surface area contributed by atoms with Crippen molar-refractivity contribution in [2.24, 2.45) is 4.99 Å². The summed E-state index contributed by atoms with van der Waals surface area (Å²) in [6.07, 6.45) is 1.71. The smallest absolute Gasteiger partial charge is 0.248 e. The van der Waals surface area contributed by atoms with Gasteiger partial charge in [0.25, 0.3) is 0 Å². The van der Waals surface area contributed by atoms with E-state index in [4.69, 9.17) is 11.6 Å². The van der Waals surface area contributed by atoms with Gasteiger partial charge in [0.15, 0.2) is 0 Å². The number of amides is 1. The lowest BCUT2D eigenvalue weighted by Gasteiger charge is -2.17. The Morgan fingerprint density at radius 2 is 2.10 bits per heavy atom. The number of fused-ring (bicyclic) bond motifs is 1. The topological polar surface area (TPSA) is 45.6 Å². The number of aromatic nitrogens is 1. The van der Waals surface area contributed by atoms with Crippen molar-refractivity contribution in [1.82, 2.24) is 4.98 Å². The summed E-state index contributed by atoms with van der Waals surface area (Å²) in [6, 6.07) is 11.0. The van der Waals surface area contributed by atoms with Gasteiger partial charge < -0.3 is 4.90 Å². The normalized spacial score (nSPS) is 14.6. The van der Waals surface area contributed by atoms with Crippen molar-refractivity contribution >= 4 is 28.9 Å². The molecule has 4 nitrogen and oxygen atoms in total. The van der Waals surface area contributed by atoms with Crippen LogP contribution in [0, 0.1) is 0 Å². The fourth-order valence-electron chi connectivity index (χ4n) is 2.18. The number of hydrogen-bond donors (Lipinski definition) is 0. The number of carbonyl (C=O) groups is 1. The third-order valence-electron chi connectivity index (χ3n) is 3.23. The maximum Gasteiger partial charge on any atom is 0.248 e. The van der Waals surface area contributed by atoms with Crippen LogP contribution in [0.3, 0.4) is 0 Å². The summed E-state index contributed by atoms with van der Waals surface area (Å²) >= 11 is 6.09. The second-order valence-electron chi connectivity index (χ2n) is 4.49. The summed E-state index contributed by atoms with van der Waals surface area (Å²) in [7, 11) is 1.74. The van der Waals surface area contributed by atoms with Crippen LogP contribution in [0.2, 0.25) is 5.02 Å². The fourth-order valence-corrected chi connectivity index (χ4v) is 2.36. The van der Waals surface area contributed by atoms with Crippen molar-refractivity contribution in [3.05, 3.63) is 58.9 Å². The zero-order valence-corrected chi connectivity index (χ0v) is 11.6. The standard InChI is InChI=1S/C15H12ClN3O/c1-19-13-6-5-10(16)8-11(13)15(18-9-14(19)20)12-4-2-3-7-17-12/h2-8H,9H2,1H3. The molecule has 0 saturated heterocycles. The quantitative estimate of drug-likeness (QED) is 0.808. The van der Waals surface area contributed by atoms with E-state index in [1.807, 2.05) is 30.3 Å². The van der Waals surface area contributed by atoms with Gasteiger partial charge in [-0.15, -0.1) is 0 Å². The lowest BCUT2D eigenvalue weighted by Crippen LogP contribution is -2.27. The first-order valence-corrected chi connectivity index (χ1v) is 6.57. The van der Waals surface area contributed by atoms with Crippen LogP contribution < -0.4 is 4.90 Å². The molecule has 2 aromatic rings. The summed E-state index contributed by atoms with van der Waals surface area (Å²) in [5.74, 6) is -0.0560. The number of likely N-dealkylation sites (N-methyl/N-ethyl adjacent to an activating group) is 1. The molecule has 1 aliphatic heterocycles. The minimum atomic E-state index is -0.0560. The van der Waals surface area contributed by atoms with Crippen molar-refractivity contribution in [1.29, 1.82) is 0 Å². The molecule has 20 heavy (non-hydrogen) atoms. The SMILES string of the molecule is CN1C(=O)CN=C(c2ccccn2)c2cc(Cl)ccc21. The first-order chi connectivity index (χ1) is 9.66. The highest BCUT2D eigenvalue weighted by Crippen LogP contribution is 2.28. The Labute approximate surface area is 121 Å². The minimum absolute atomic E-state index is 0.0560. The van der Waals surface area contributed by atoms with Gasteiger partial charge in [-0.25, -0.2) is 0 Å². The van der Waals surface area contributed by atoms with E-state index in [-0.39, 0.29) is 12.5 Å². The lowest BCUT2D eigenvalue weighted by molar-refractivity contribution is -0.116. The van der Waals surface area contributed by atoms with Crippen molar-refractivity contribution in [3.63, 3.8) is 0 Å². The maximum atomic E-state index is 12.0. The molecule has 100 valence electrons. The molecule has 0 spiro atoms. The molecule has 0 radical (unpaired) electrons. The number of aliphatic imine (C=N–C) groups is 1. The van der Waals surface area contributed by atoms with Crippen LogP contribution >= 0.6 is 11.6 Å². The number of anilines is 1. The molecule has 0 atom stereocenters. The molecule has 3 rings (SSSR count). The second-order valence-corrected chi connectivity index (χ2v) is 4.93. The first-order valence-electron chi connectivity index (χ1n) is 6.19. The average molecular weight is 286 g/mol. The van der Waals surface area contributed by atoms with Gasteiger partial charge in [0, 0.05) is 23.8 Å². The molecule has 1 aromatic carbocycles. The Hall–Kier alpha value is -2.20. The van der Waals surface area contributed by atoms with Gasteiger partial charge in [0.1, 0.15) is 6.54 Å². The Morgan fingerprint density at radius 1 is 1.25 bits per heavy atom. The van der Waals surface area contributed by atoms with Gasteiger partial charge in [-0.05, 0) is 30.3 Å². The van der Waals surface area contributed by atoms with Crippen molar-refractivity contribution in [2.45, 2.75) is 0 Å². The summed E-state index contributed by atoms with van der Waals surface area (Å²) in [4.78, 5) is 22.3. The van der Waals surface area contributed by atoms with Crippen LogP contribution in [0.25, 0.3) is 0 Å². The van der Waals surface area contributed by atoms with Crippen molar-refractivity contribution in [3.8, 4) is 0 Å². The number of rotatable bonds is 1. The van der Waals surface area contributed by atoms with Gasteiger partial charge in [0.05, 0.1) is 17.1 Å². The molecule has 1 aliphatic rings. The molecule has 1 aromatic heterocycles. The fraction of sp³-hybridized carbons (Fsp3) is 0.133. The zero-order chi connectivity index (χ0) is 14.1. The minimum Gasteiger partial charge on any atom is -0.313 e. The van der Waals surface area contributed by atoms with E-state index in [0.717, 1.165) is 16.9 Å². The largest absolute Gasteiger partial charge is 0.313 e. The lowest BCUT2D eigenvalue weighted by atomic mass is 10.0. The first kappa shape index (κ1) is 12.8. The Balaban J connectivity index is 2.23. The summed E-state index contributed by atoms with van der Waals surface area (Å²) in [5, 5.41) is 0.607. The summed E-state index contributed by atoms with van der Waals surface area (Å²) in [6.45, 7) is 0.106. The maximum absolute atomic E-state index is 12.0. The zero-order valence-electron chi connectivity index (χ0n) is 10.9. The van der Waals surface area contributed by atoms with E-state index in [1.165, 1.54) is 0 Å². The van der Waals surface area contributed by atoms with E-state index < -0.39 is 0 Å². The number of benzene rings is 1. The summed E-state index contributed by atoms with van der Waals surface area (Å²) < 4.78 is 0. The monoisotopic (exact) mass is 285 g/mol. The molecule has 0 unspecified atom stereocenters. The Kier molecular flexibility index (Phi) is 3.24. The molecule has 5 heteroatoms. The summed E-state index contributed by atoms with van der Waals surface area (Å²) in [5.41, 5.74) is 3.05. The van der Waals surface area contributed by atoms with Gasteiger partial charge in [-0.1, -0.05) is 17.7 Å². The number of benzodiazepines with no additional fused rings is 1. The van der Waals surface area contributed by atoms with Crippen molar-refractivity contribution in [2.75, 3.05) is 18.5 Å². The van der Waals surface area contributed by atoms with E-state index in [0.29, 0.717) is 10.7 Å². The van der Waals surface area contributed by atoms with E-state index >= 15 is 0 Å². The molecule has 0 aliphatic carbocycles. The van der Waals surface area contributed by atoms with Crippen LogP contribution in [0.4, 0.5) is 5.69 Å². The number of nitrogens with zero attached hydrogens (tertiary/aromatic N) is 3. The molecule has 1 amide bonds. The Bertz CT molecular complexity index is 698. The van der Waals surface area contributed by atoms with E-state index in [9.17, 15) is 4.79 Å². The predicted octanol–water partition coefficient (Wildman–Crippen LogP) is 2.55. The van der Waals surface area contributed by atoms with Crippen LogP contribution in [-0.4, -0.2) is 30.2 Å². The average Bonchev–Trinajstić information content (AvgIpc) is 2.58. The highest BCUT2D eigenvalue weighted by Gasteiger charge is 2.23. The number of hydrogen-bond acceptors (Lipinski definition) is 3. The predicted molar refractivity (Wildman–Crippen MR) is 79.6 cm³/mol. The Morgan fingerprint density at radius 3 is 2.85 bits per heavy atom. The number of halogens is 1. The van der Waals surface area contributed by atoms with Crippen LogP contribution in [0.5, 0.6) is 0 Å². The third-order valence-corrected chi connectivity index (χ3v) is 3.46. The molecule has 0 N–H and O–H groups in total. The highest BCUT2D eigenvalue weighted by molar-refractivity contribution is 6.31. The highest BCUT2D eigenvalue weighted by atomic mass is 35.5. The molecule has 0 bridgehead atoms.